The van der Waals surface area contributed by atoms with Crippen LogP contribution in [0.15, 0.2) is 12.2 Å². The molecule has 0 aromatic heterocycles. The molecule has 0 heterocycles. The molecule has 0 spiro atoms. The van der Waals surface area contributed by atoms with Crippen molar-refractivity contribution in [3.63, 3.8) is 0 Å². The fourth-order valence-corrected chi connectivity index (χ4v) is 2.32. The number of rotatable bonds is 0. The van der Waals surface area contributed by atoms with E-state index in [0.29, 0.717) is 12.0 Å². The molecule has 0 aromatic rings. The normalized spacial score (nSPS) is 43.2. The fourth-order valence-electron chi connectivity index (χ4n) is 2.32. The van der Waals surface area contributed by atoms with Crippen LogP contribution >= 0.6 is 0 Å². The van der Waals surface area contributed by atoms with Crippen molar-refractivity contribution in [3.8, 4) is 0 Å². The first-order valence-electron chi connectivity index (χ1n) is 4.09. The third-order valence-electron chi connectivity index (χ3n) is 3.08. The Hall–Kier alpha value is -0.630. The van der Waals surface area contributed by atoms with Gasteiger partial charge in [-0.2, -0.15) is 0 Å². The Labute approximate surface area is 65.9 Å². The van der Waals surface area contributed by atoms with E-state index in [4.69, 9.17) is 0 Å². The Bertz CT molecular complexity index is 232. The Balaban J connectivity index is 2.37. The minimum absolute atomic E-state index is 0.0669. The topological polar surface area (TPSA) is 37.3 Å². The molecule has 0 aromatic carbocycles. The van der Waals surface area contributed by atoms with E-state index in [1.165, 1.54) is 0 Å². The summed E-state index contributed by atoms with van der Waals surface area (Å²) >= 11 is 0. The number of aliphatic hydroxyl groups is 1. The van der Waals surface area contributed by atoms with Gasteiger partial charge in [0.05, 0.1) is 5.60 Å². The van der Waals surface area contributed by atoms with E-state index in [1.54, 1.807) is 0 Å². The molecule has 60 valence electrons. The van der Waals surface area contributed by atoms with Crippen LogP contribution in [0, 0.1) is 5.92 Å². The number of ketones is 1. The molecule has 2 heteroatoms. The molecule has 2 rings (SSSR count). The average Bonchev–Trinajstić information content (AvgIpc) is 2.39. The summed E-state index contributed by atoms with van der Waals surface area (Å²) < 4.78 is 0. The molecule has 2 fully saturated rings. The molecule has 1 N–H and O–H groups in total. The van der Waals surface area contributed by atoms with Crippen molar-refractivity contribution in [1.29, 1.82) is 0 Å². The molecule has 11 heavy (non-hydrogen) atoms. The highest BCUT2D eigenvalue weighted by atomic mass is 16.3. The molecular formula is C9H12O2. The molecule has 0 aliphatic heterocycles. The minimum atomic E-state index is -0.808. The lowest BCUT2D eigenvalue weighted by Crippen LogP contribution is -2.29. The van der Waals surface area contributed by atoms with E-state index in [9.17, 15) is 9.90 Å². The van der Waals surface area contributed by atoms with E-state index in [0.717, 1.165) is 19.3 Å². The molecule has 0 amide bonds. The molecule has 2 nitrogen and oxygen atoms in total. The summed E-state index contributed by atoms with van der Waals surface area (Å²) in [4.78, 5) is 11.1. The SMILES string of the molecule is C=C1C(=O)C[C@H]2CCC[C@@]12O. The molecule has 2 aliphatic rings. The summed E-state index contributed by atoms with van der Waals surface area (Å²) in [7, 11) is 0. The van der Waals surface area contributed by atoms with Gasteiger partial charge in [0.25, 0.3) is 0 Å². The van der Waals surface area contributed by atoms with E-state index in [2.05, 4.69) is 6.58 Å². The van der Waals surface area contributed by atoms with Gasteiger partial charge in [-0.1, -0.05) is 6.58 Å². The van der Waals surface area contributed by atoms with Crippen molar-refractivity contribution in [3.05, 3.63) is 12.2 Å². The van der Waals surface area contributed by atoms with Gasteiger partial charge in [0.15, 0.2) is 5.78 Å². The smallest absolute Gasteiger partial charge is 0.161 e. The molecule has 0 saturated heterocycles. The second-order valence-corrected chi connectivity index (χ2v) is 3.62. The van der Waals surface area contributed by atoms with Crippen LogP contribution in [-0.2, 0) is 4.79 Å². The van der Waals surface area contributed by atoms with Gasteiger partial charge in [-0.3, -0.25) is 4.79 Å². The van der Waals surface area contributed by atoms with Crippen LogP contribution in [0.4, 0.5) is 0 Å². The summed E-state index contributed by atoms with van der Waals surface area (Å²) in [5.41, 5.74) is -0.350. The lowest BCUT2D eigenvalue weighted by atomic mass is 9.92. The van der Waals surface area contributed by atoms with Crippen LogP contribution in [0.1, 0.15) is 25.7 Å². The van der Waals surface area contributed by atoms with Crippen molar-refractivity contribution < 1.29 is 9.90 Å². The van der Waals surface area contributed by atoms with Crippen LogP contribution in [0.2, 0.25) is 0 Å². The first-order chi connectivity index (χ1) is 5.14. The second kappa shape index (κ2) is 1.95. The van der Waals surface area contributed by atoms with Gasteiger partial charge in [-0.15, -0.1) is 0 Å². The Morgan fingerprint density at radius 2 is 2.36 bits per heavy atom. The van der Waals surface area contributed by atoms with Crippen molar-refractivity contribution in [2.24, 2.45) is 5.92 Å². The Morgan fingerprint density at radius 1 is 1.64 bits per heavy atom. The number of fused-ring (bicyclic) bond motifs is 1. The quantitative estimate of drug-likeness (QED) is 0.527. The lowest BCUT2D eigenvalue weighted by Gasteiger charge is -2.21. The summed E-state index contributed by atoms with van der Waals surface area (Å²) in [5, 5.41) is 9.95. The van der Waals surface area contributed by atoms with Crippen LogP contribution in [0.3, 0.4) is 0 Å². The van der Waals surface area contributed by atoms with Crippen LogP contribution in [-0.4, -0.2) is 16.5 Å². The van der Waals surface area contributed by atoms with Gasteiger partial charge in [0.2, 0.25) is 0 Å². The summed E-state index contributed by atoms with van der Waals surface area (Å²) in [6.45, 7) is 3.65. The van der Waals surface area contributed by atoms with E-state index in [1.807, 2.05) is 0 Å². The van der Waals surface area contributed by atoms with E-state index < -0.39 is 5.60 Å². The Morgan fingerprint density at radius 3 is 3.00 bits per heavy atom. The van der Waals surface area contributed by atoms with Gasteiger partial charge in [-0.05, 0) is 25.2 Å². The van der Waals surface area contributed by atoms with Crippen LogP contribution in [0.25, 0.3) is 0 Å². The van der Waals surface area contributed by atoms with Crippen molar-refractivity contribution in [1.82, 2.24) is 0 Å². The third-order valence-corrected chi connectivity index (χ3v) is 3.08. The predicted molar refractivity (Wildman–Crippen MR) is 41.1 cm³/mol. The maximum atomic E-state index is 11.1. The number of hydrogen-bond donors (Lipinski definition) is 1. The zero-order valence-electron chi connectivity index (χ0n) is 6.47. The molecular weight excluding hydrogens is 140 g/mol. The summed E-state index contributed by atoms with van der Waals surface area (Å²) in [6, 6.07) is 0. The second-order valence-electron chi connectivity index (χ2n) is 3.62. The van der Waals surface area contributed by atoms with Gasteiger partial charge >= 0.3 is 0 Å². The summed E-state index contributed by atoms with van der Waals surface area (Å²) in [6.07, 6.45) is 3.28. The molecule has 2 atom stereocenters. The van der Waals surface area contributed by atoms with Gasteiger partial charge < -0.3 is 5.11 Å². The lowest BCUT2D eigenvalue weighted by molar-refractivity contribution is -0.115. The highest BCUT2D eigenvalue weighted by Gasteiger charge is 2.51. The number of carbonyl (C=O) groups is 1. The number of Topliss-reactive ketones (excluding diaryl/α,β-unsaturated/α-hetero) is 1. The zero-order valence-corrected chi connectivity index (χ0v) is 6.47. The Kier molecular flexibility index (Phi) is 1.25. The molecule has 2 saturated carbocycles. The standard InChI is InChI=1S/C9H12O2/c1-6-8(10)5-7-3-2-4-9(6,7)11/h7,11H,1-5H2/t7-,9-/m1/s1. The van der Waals surface area contributed by atoms with Crippen LogP contribution in [0.5, 0.6) is 0 Å². The molecule has 0 radical (unpaired) electrons. The number of hydrogen-bond acceptors (Lipinski definition) is 2. The van der Waals surface area contributed by atoms with Gasteiger partial charge in [0.1, 0.15) is 0 Å². The maximum Gasteiger partial charge on any atom is 0.161 e. The number of carbonyl (C=O) groups excluding carboxylic acids is 1. The van der Waals surface area contributed by atoms with Crippen molar-refractivity contribution in [2.75, 3.05) is 0 Å². The highest BCUT2D eigenvalue weighted by Crippen LogP contribution is 2.47. The minimum Gasteiger partial charge on any atom is -0.385 e. The fraction of sp³-hybridized carbons (Fsp3) is 0.667. The molecule has 0 bridgehead atoms. The van der Waals surface area contributed by atoms with E-state index >= 15 is 0 Å². The average molecular weight is 152 g/mol. The highest BCUT2D eigenvalue weighted by molar-refractivity contribution is 5.99. The first-order valence-corrected chi connectivity index (χ1v) is 4.09. The van der Waals surface area contributed by atoms with Crippen LogP contribution < -0.4 is 0 Å². The monoisotopic (exact) mass is 152 g/mol. The largest absolute Gasteiger partial charge is 0.385 e. The zero-order chi connectivity index (χ0) is 8.06. The van der Waals surface area contributed by atoms with E-state index in [-0.39, 0.29) is 11.7 Å². The third kappa shape index (κ3) is 0.732. The first kappa shape index (κ1) is 7.04. The molecule has 2 aliphatic carbocycles. The van der Waals surface area contributed by atoms with Crippen molar-refractivity contribution >= 4 is 5.78 Å². The van der Waals surface area contributed by atoms with Gasteiger partial charge in [-0.25, -0.2) is 0 Å². The molecule has 0 unspecified atom stereocenters. The predicted octanol–water partition coefficient (Wildman–Crippen LogP) is 1.05. The van der Waals surface area contributed by atoms with Crippen molar-refractivity contribution in [2.45, 2.75) is 31.3 Å². The summed E-state index contributed by atoms with van der Waals surface area (Å²) in [5.74, 6) is 0.250. The maximum absolute atomic E-state index is 11.1. The van der Waals surface area contributed by atoms with Gasteiger partial charge in [0, 0.05) is 12.0 Å².